The Balaban J connectivity index is 0.00000289. The van der Waals surface area contributed by atoms with E-state index in [4.69, 9.17) is 9.98 Å². The van der Waals surface area contributed by atoms with Gasteiger partial charge in [-0.1, -0.05) is 78.6 Å². The van der Waals surface area contributed by atoms with E-state index in [9.17, 15) is 10.2 Å². The third-order valence-corrected chi connectivity index (χ3v) is 6.25. The smallest absolute Gasteiger partial charge is 0.128 e. The predicted octanol–water partition coefficient (Wildman–Crippen LogP) is 3.54. The van der Waals surface area contributed by atoms with Crippen molar-refractivity contribution < 1.29 is 40.0 Å². The summed E-state index contributed by atoms with van der Waals surface area (Å²) in [5.41, 5.74) is 3.09. The van der Waals surface area contributed by atoms with Crippen LogP contribution in [-0.2, 0) is 28.2 Å². The molecule has 3 rings (SSSR count). The van der Waals surface area contributed by atoms with Gasteiger partial charge in [0.15, 0.2) is 0 Å². The number of rotatable bonds is 4. The molecule has 0 amide bonds. The average Bonchev–Trinajstić information content (AvgIpc) is 2.71. The molecule has 0 bridgehead atoms. The zero-order chi connectivity index (χ0) is 23.5. The van der Waals surface area contributed by atoms with Gasteiger partial charge in [0.25, 0.3) is 0 Å². The molecule has 1 aliphatic rings. The maximum absolute atomic E-state index is 10.7. The molecule has 0 unspecified atom stereocenters. The number of halogens is 1. The SMILES string of the molecule is CC(C)(C)c1cccc(C=N[C@@H]2CCCC[C@H]2N=Cc2cccc(C(C)(C)C)c2O)c1O.[Cl-].[Cr]. The van der Waals surface area contributed by atoms with Gasteiger partial charge in [0, 0.05) is 40.9 Å². The number of hydrogen-bond donors (Lipinski definition) is 2. The number of nitrogens with zero attached hydrogens (tertiary/aromatic N) is 2. The number of phenolic OH excluding ortho intramolecular Hbond substituents is 2. The van der Waals surface area contributed by atoms with Gasteiger partial charge >= 0.3 is 0 Å². The summed E-state index contributed by atoms with van der Waals surface area (Å²) in [5, 5.41) is 21.5. The van der Waals surface area contributed by atoms with Crippen LogP contribution in [0.3, 0.4) is 0 Å². The minimum Gasteiger partial charge on any atom is -1.00 e. The molecule has 2 atom stereocenters. The van der Waals surface area contributed by atoms with Gasteiger partial charge in [-0.2, -0.15) is 0 Å². The van der Waals surface area contributed by atoms with Gasteiger partial charge < -0.3 is 22.6 Å². The Bertz CT molecular complexity index is 925. The molecule has 2 aromatic carbocycles. The first-order valence-corrected chi connectivity index (χ1v) is 11.7. The van der Waals surface area contributed by atoms with Gasteiger partial charge in [-0.25, -0.2) is 0 Å². The largest absolute Gasteiger partial charge is 1.00 e. The third kappa shape index (κ3) is 7.35. The fourth-order valence-corrected chi connectivity index (χ4v) is 4.33. The molecule has 2 aromatic rings. The van der Waals surface area contributed by atoms with Crippen LogP contribution in [0.15, 0.2) is 46.4 Å². The van der Waals surface area contributed by atoms with E-state index in [0.717, 1.165) is 47.9 Å². The maximum Gasteiger partial charge on any atom is 0.128 e. The van der Waals surface area contributed by atoms with Gasteiger partial charge in [0.1, 0.15) is 11.5 Å². The van der Waals surface area contributed by atoms with Gasteiger partial charge in [0.05, 0.1) is 12.1 Å². The van der Waals surface area contributed by atoms with Gasteiger partial charge in [-0.15, -0.1) is 0 Å². The van der Waals surface area contributed by atoms with Crippen molar-refractivity contribution in [1.82, 2.24) is 0 Å². The van der Waals surface area contributed by atoms with Crippen LogP contribution in [-0.4, -0.2) is 34.7 Å². The van der Waals surface area contributed by atoms with Crippen LogP contribution >= 0.6 is 0 Å². The molecule has 0 aliphatic heterocycles. The summed E-state index contributed by atoms with van der Waals surface area (Å²) in [7, 11) is 0. The molecule has 2 N–H and O–H groups in total. The minimum atomic E-state index is -0.130. The Hall–Kier alpha value is -1.80. The number of phenols is 2. The van der Waals surface area contributed by atoms with Crippen LogP contribution in [0.2, 0.25) is 0 Å². The van der Waals surface area contributed by atoms with E-state index in [2.05, 4.69) is 41.5 Å². The molecule has 1 aliphatic carbocycles. The molecule has 1 fully saturated rings. The Labute approximate surface area is 222 Å². The molecule has 0 aromatic heterocycles. The van der Waals surface area contributed by atoms with Crippen LogP contribution in [0.5, 0.6) is 11.5 Å². The van der Waals surface area contributed by atoms with E-state index >= 15 is 0 Å². The van der Waals surface area contributed by atoms with Gasteiger partial charge in [-0.05, 0) is 46.9 Å². The topological polar surface area (TPSA) is 65.2 Å². The number of benzene rings is 2. The second kappa shape index (κ2) is 12.2. The Kier molecular flexibility index (Phi) is 10.9. The molecule has 0 heterocycles. The monoisotopic (exact) mass is 521 g/mol. The van der Waals surface area contributed by atoms with E-state index < -0.39 is 0 Å². The van der Waals surface area contributed by atoms with E-state index in [1.807, 2.05) is 36.4 Å². The molecular formula is C28H38ClCrN2O2-. The summed E-state index contributed by atoms with van der Waals surface area (Å²) in [6.45, 7) is 12.6. The second-order valence-corrected chi connectivity index (χ2v) is 11.0. The molecule has 4 nitrogen and oxygen atoms in total. The van der Waals surface area contributed by atoms with Crippen molar-refractivity contribution in [3.63, 3.8) is 0 Å². The Morgan fingerprint density at radius 1 is 0.706 bits per heavy atom. The first-order chi connectivity index (χ1) is 15.0. The molecule has 0 radical (unpaired) electrons. The summed E-state index contributed by atoms with van der Waals surface area (Å²) >= 11 is 0. The second-order valence-electron chi connectivity index (χ2n) is 11.0. The van der Waals surface area contributed by atoms with Crippen molar-refractivity contribution in [3.05, 3.63) is 58.7 Å². The fourth-order valence-electron chi connectivity index (χ4n) is 4.33. The standard InChI is InChI=1S/C28H38N2O2.ClH.Cr/c1-27(2,3)21-13-9-11-19(25(21)31)17-29-23-15-7-8-16-24(23)30-18-20-12-10-14-22(26(20)32)28(4,5)6;;/h9-14,17-18,23-24,31-32H,7-8,15-16H2,1-6H3;1H;/p-1/t23-,24-;;/m1../s1. The number of aliphatic imine (C=N–C) groups is 2. The quantitative estimate of drug-likeness (QED) is 0.604. The van der Waals surface area contributed by atoms with Crippen molar-refractivity contribution in [2.24, 2.45) is 9.98 Å². The number of para-hydroxylation sites is 2. The van der Waals surface area contributed by atoms with Gasteiger partial charge in [0.2, 0.25) is 0 Å². The first kappa shape index (κ1) is 30.2. The van der Waals surface area contributed by atoms with Crippen LogP contribution < -0.4 is 12.4 Å². The van der Waals surface area contributed by atoms with Crippen molar-refractivity contribution >= 4 is 12.4 Å². The summed E-state index contributed by atoms with van der Waals surface area (Å²) < 4.78 is 0. The molecular weight excluding hydrogens is 484 g/mol. The number of hydrogen-bond acceptors (Lipinski definition) is 4. The van der Waals surface area contributed by atoms with E-state index in [1.54, 1.807) is 12.4 Å². The van der Waals surface area contributed by atoms with E-state index in [1.165, 1.54) is 0 Å². The predicted molar refractivity (Wildman–Crippen MR) is 135 cm³/mol. The minimum absolute atomic E-state index is 0. The summed E-state index contributed by atoms with van der Waals surface area (Å²) in [5.74, 6) is 0.618. The molecule has 0 saturated heterocycles. The van der Waals surface area contributed by atoms with Crippen LogP contribution in [0.4, 0.5) is 0 Å². The Morgan fingerprint density at radius 2 is 1.06 bits per heavy atom. The van der Waals surface area contributed by atoms with Crippen LogP contribution in [0, 0.1) is 0 Å². The fraction of sp³-hybridized carbons (Fsp3) is 0.500. The summed E-state index contributed by atoms with van der Waals surface area (Å²) in [4.78, 5) is 9.70. The maximum atomic E-state index is 10.7. The first-order valence-electron chi connectivity index (χ1n) is 11.7. The number of aromatic hydroxyl groups is 2. The zero-order valence-corrected chi connectivity index (χ0v) is 23.2. The van der Waals surface area contributed by atoms with E-state index in [-0.39, 0.29) is 52.7 Å². The van der Waals surface area contributed by atoms with Crippen LogP contribution in [0.25, 0.3) is 0 Å². The summed E-state index contributed by atoms with van der Waals surface area (Å²) in [6.07, 6.45) is 7.83. The average molecular weight is 522 g/mol. The van der Waals surface area contributed by atoms with Crippen molar-refractivity contribution in [2.45, 2.75) is 90.1 Å². The Morgan fingerprint density at radius 3 is 1.38 bits per heavy atom. The molecule has 34 heavy (non-hydrogen) atoms. The molecule has 0 spiro atoms. The summed E-state index contributed by atoms with van der Waals surface area (Å²) in [6, 6.07) is 11.9. The normalized spacial score (nSPS) is 19.1. The van der Waals surface area contributed by atoms with Crippen LogP contribution in [0.1, 0.15) is 89.5 Å². The van der Waals surface area contributed by atoms with Crippen molar-refractivity contribution in [2.75, 3.05) is 0 Å². The van der Waals surface area contributed by atoms with Crippen molar-refractivity contribution in [3.8, 4) is 11.5 Å². The third-order valence-electron chi connectivity index (χ3n) is 6.25. The van der Waals surface area contributed by atoms with Gasteiger partial charge in [-0.3, -0.25) is 9.98 Å². The molecule has 186 valence electrons. The van der Waals surface area contributed by atoms with Crippen molar-refractivity contribution in [1.29, 1.82) is 0 Å². The molecule has 1 saturated carbocycles. The van der Waals surface area contributed by atoms with E-state index in [0.29, 0.717) is 11.5 Å². The molecule has 6 heteroatoms. The zero-order valence-electron chi connectivity index (χ0n) is 21.2.